The lowest BCUT2D eigenvalue weighted by molar-refractivity contribution is 0.597. The average Bonchev–Trinajstić information content (AvgIpc) is 2.83. The molecule has 1 N–H and O–H groups in total. The van der Waals surface area contributed by atoms with Crippen molar-refractivity contribution in [3.05, 3.63) is 51.3 Å². The van der Waals surface area contributed by atoms with Gasteiger partial charge in [0.2, 0.25) is 0 Å². The average molecular weight is 336 g/mol. The molecule has 0 radical (unpaired) electrons. The van der Waals surface area contributed by atoms with Crippen LogP contribution in [0.25, 0.3) is 0 Å². The third-order valence-electron chi connectivity index (χ3n) is 3.45. The minimum absolute atomic E-state index is 0.203. The van der Waals surface area contributed by atoms with Crippen LogP contribution in [0.5, 0.6) is 0 Å². The van der Waals surface area contributed by atoms with Gasteiger partial charge in [0.25, 0.3) is 0 Å². The van der Waals surface area contributed by atoms with E-state index in [-0.39, 0.29) is 6.04 Å². The van der Waals surface area contributed by atoms with Gasteiger partial charge >= 0.3 is 0 Å². The van der Waals surface area contributed by atoms with Gasteiger partial charge in [0.1, 0.15) is 0 Å². The zero-order valence-electron chi connectivity index (χ0n) is 12.6. The number of halogens is 1. The van der Waals surface area contributed by atoms with Crippen molar-refractivity contribution in [3.8, 4) is 0 Å². The first-order valence-corrected chi connectivity index (χ1v) is 7.80. The van der Waals surface area contributed by atoms with Crippen LogP contribution in [0.4, 0.5) is 0 Å². The SMILES string of the molecule is CCCNC(c1cc(C)c(Br)c(C)c1)c1cnn(C)c1. The van der Waals surface area contributed by atoms with E-state index in [2.05, 4.69) is 65.4 Å². The molecule has 1 unspecified atom stereocenters. The molecule has 2 rings (SSSR count). The fraction of sp³-hybridized carbons (Fsp3) is 0.438. The second-order valence-electron chi connectivity index (χ2n) is 5.30. The molecule has 1 heterocycles. The molecular formula is C16H22BrN3. The Balaban J connectivity index is 2.40. The van der Waals surface area contributed by atoms with Crippen LogP contribution in [-0.2, 0) is 7.05 Å². The molecule has 0 aliphatic rings. The molecule has 108 valence electrons. The Kier molecular flexibility index (Phi) is 5.00. The second kappa shape index (κ2) is 6.55. The summed E-state index contributed by atoms with van der Waals surface area (Å²) in [7, 11) is 1.96. The summed E-state index contributed by atoms with van der Waals surface area (Å²) < 4.78 is 3.05. The largest absolute Gasteiger partial charge is 0.306 e. The highest BCUT2D eigenvalue weighted by molar-refractivity contribution is 9.10. The van der Waals surface area contributed by atoms with Crippen LogP contribution in [0.2, 0.25) is 0 Å². The van der Waals surface area contributed by atoms with Crippen molar-refractivity contribution in [1.29, 1.82) is 0 Å². The fourth-order valence-corrected chi connectivity index (χ4v) is 2.68. The van der Waals surface area contributed by atoms with E-state index in [1.165, 1.54) is 26.7 Å². The first-order valence-electron chi connectivity index (χ1n) is 7.01. The number of rotatable bonds is 5. The van der Waals surface area contributed by atoms with Gasteiger partial charge in [-0.15, -0.1) is 0 Å². The predicted molar refractivity (Wildman–Crippen MR) is 87.0 cm³/mol. The van der Waals surface area contributed by atoms with Gasteiger partial charge in [-0.3, -0.25) is 4.68 Å². The molecule has 0 spiro atoms. The molecule has 0 bridgehead atoms. The fourth-order valence-electron chi connectivity index (χ4n) is 2.45. The van der Waals surface area contributed by atoms with Crippen molar-refractivity contribution in [3.63, 3.8) is 0 Å². The lowest BCUT2D eigenvalue weighted by Gasteiger charge is -2.19. The lowest BCUT2D eigenvalue weighted by atomic mass is 9.97. The highest BCUT2D eigenvalue weighted by Crippen LogP contribution is 2.28. The van der Waals surface area contributed by atoms with Gasteiger partial charge in [-0.05, 0) is 43.5 Å². The van der Waals surface area contributed by atoms with E-state index >= 15 is 0 Å². The summed E-state index contributed by atoms with van der Waals surface area (Å²) in [6, 6.07) is 4.70. The number of hydrogen-bond donors (Lipinski definition) is 1. The quantitative estimate of drug-likeness (QED) is 0.898. The van der Waals surface area contributed by atoms with Gasteiger partial charge in [0, 0.05) is 23.3 Å². The molecule has 0 aliphatic carbocycles. The van der Waals surface area contributed by atoms with E-state index in [4.69, 9.17) is 0 Å². The maximum Gasteiger partial charge on any atom is 0.0608 e. The third kappa shape index (κ3) is 3.30. The highest BCUT2D eigenvalue weighted by atomic mass is 79.9. The smallest absolute Gasteiger partial charge is 0.0608 e. The van der Waals surface area contributed by atoms with E-state index in [1.54, 1.807) is 0 Å². The second-order valence-corrected chi connectivity index (χ2v) is 6.10. The van der Waals surface area contributed by atoms with Crippen molar-refractivity contribution in [2.24, 2.45) is 7.05 Å². The number of nitrogens with one attached hydrogen (secondary N) is 1. The van der Waals surface area contributed by atoms with Crippen LogP contribution >= 0.6 is 15.9 Å². The number of hydrogen-bond acceptors (Lipinski definition) is 2. The molecule has 0 saturated heterocycles. The predicted octanol–water partition coefficient (Wildman–Crippen LogP) is 3.89. The Labute approximate surface area is 129 Å². The molecule has 4 heteroatoms. The van der Waals surface area contributed by atoms with Crippen LogP contribution in [0, 0.1) is 13.8 Å². The molecule has 0 saturated carbocycles. The zero-order valence-corrected chi connectivity index (χ0v) is 14.2. The first kappa shape index (κ1) is 15.3. The molecule has 1 aromatic carbocycles. The van der Waals surface area contributed by atoms with Crippen molar-refractivity contribution in [2.45, 2.75) is 33.2 Å². The van der Waals surface area contributed by atoms with Gasteiger partial charge in [-0.2, -0.15) is 5.10 Å². The Hall–Kier alpha value is -1.13. The molecule has 2 aromatic rings. The van der Waals surface area contributed by atoms with Crippen LogP contribution in [0.1, 0.15) is 41.6 Å². The van der Waals surface area contributed by atoms with E-state index in [1.807, 2.05) is 17.9 Å². The van der Waals surface area contributed by atoms with E-state index < -0.39 is 0 Å². The van der Waals surface area contributed by atoms with Crippen LogP contribution in [0.15, 0.2) is 29.0 Å². The van der Waals surface area contributed by atoms with E-state index in [9.17, 15) is 0 Å². The first-order chi connectivity index (χ1) is 9.52. The molecule has 1 aromatic heterocycles. The summed E-state index contributed by atoms with van der Waals surface area (Å²) in [5.74, 6) is 0. The third-order valence-corrected chi connectivity index (χ3v) is 4.70. The summed E-state index contributed by atoms with van der Waals surface area (Å²) in [6.07, 6.45) is 5.14. The van der Waals surface area contributed by atoms with Gasteiger partial charge in [-0.1, -0.05) is 35.0 Å². The van der Waals surface area contributed by atoms with Crippen molar-refractivity contribution < 1.29 is 0 Å². The summed E-state index contributed by atoms with van der Waals surface area (Å²) in [5.41, 5.74) is 5.05. The molecule has 20 heavy (non-hydrogen) atoms. The summed E-state index contributed by atoms with van der Waals surface area (Å²) in [6.45, 7) is 7.46. The van der Waals surface area contributed by atoms with Crippen LogP contribution in [-0.4, -0.2) is 16.3 Å². The highest BCUT2D eigenvalue weighted by Gasteiger charge is 2.16. The minimum atomic E-state index is 0.203. The van der Waals surface area contributed by atoms with E-state index in [0.29, 0.717) is 0 Å². The summed E-state index contributed by atoms with van der Waals surface area (Å²) in [4.78, 5) is 0. The Bertz CT molecular complexity index is 566. The van der Waals surface area contributed by atoms with Crippen molar-refractivity contribution in [2.75, 3.05) is 6.54 Å². The van der Waals surface area contributed by atoms with Crippen LogP contribution < -0.4 is 5.32 Å². The minimum Gasteiger partial charge on any atom is -0.306 e. The van der Waals surface area contributed by atoms with Gasteiger partial charge in [0.05, 0.1) is 12.2 Å². The number of nitrogens with zero attached hydrogens (tertiary/aromatic N) is 2. The Morgan fingerprint density at radius 2 is 1.90 bits per heavy atom. The Morgan fingerprint density at radius 3 is 2.40 bits per heavy atom. The topological polar surface area (TPSA) is 29.9 Å². The summed E-state index contributed by atoms with van der Waals surface area (Å²) in [5, 5.41) is 7.92. The maximum absolute atomic E-state index is 4.30. The monoisotopic (exact) mass is 335 g/mol. The lowest BCUT2D eigenvalue weighted by Crippen LogP contribution is -2.23. The molecular weight excluding hydrogens is 314 g/mol. The number of aromatic nitrogens is 2. The number of benzene rings is 1. The summed E-state index contributed by atoms with van der Waals surface area (Å²) >= 11 is 3.64. The normalized spacial score (nSPS) is 12.7. The van der Waals surface area contributed by atoms with E-state index in [0.717, 1.165) is 13.0 Å². The van der Waals surface area contributed by atoms with Gasteiger partial charge < -0.3 is 5.32 Å². The molecule has 0 amide bonds. The van der Waals surface area contributed by atoms with Gasteiger partial charge in [-0.25, -0.2) is 0 Å². The van der Waals surface area contributed by atoms with Crippen LogP contribution in [0.3, 0.4) is 0 Å². The van der Waals surface area contributed by atoms with Crippen molar-refractivity contribution >= 4 is 15.9 Å². The maximum atomic E-state index is 4.30. The Morgan fingerprint density at radius 1 is 1.25 bits per heavy atom. The number of aryl methyl sites for hydroxylation is 3. The molecule has 1 atom stereocenters. The molecule has 3 nitrogen and oxygen atoms in total. The molecule has 0 aliphatic heterocycles. The van der Waals surface area contributed by atoms with Crippen molar-refractivity contribution in [1.82, 2.24) is 15.1 Å². The molecule has 0 fully saturated rings. The standard InChI is InChI=1S/C16H22BrN3/c1-5-6-18-16(14-9-19-20(4)10-14)13-7-11(2)15(17)12(3)8-13/h7-10,16,18H,5-6H2,1-4H3. The zero-order chi connectivity index (χ0) is 14.7. The van der Waals surface area contributed by atoms with Gasteiger partial charge in [0.15, 0.2) is 0 Å².